The maximum absolute atomic E-state index is 11.7. The lowest BCUT2D eigenvalue weighted by Gasteiger charge is -2.34. The molecule has 14 heavy (non-hydrogen) atoms. The molecule has 0 spiro atoms. The molecule has 2 aliphatic rings. The number of rotatable bonds is 2. The van der Waals surface area contributed by atoms with Crippen molar-refractivity contribution >= 4 is 5.91 Å². The number of piperidine rings is 1. The van der Waals surface area contributed by atoms with Crippen molar-refractivity contribution in [3.8, 4) is 0 Å². The Hall–Kier alpha value is -0.610. The number of carbonyl (C=O) groups is 1. The molecule has 1 atom stereocenters. The zero-order valence-electron chi connectivity index (χ0n) is 8.61. The first-order valence-electron chi connectivity index (χ1n) is 5.56. The summed E-state index contributed by atoms with van der Waals surface area (Å²) in [6.45, 7) is 3.57. The smallest absolute Gasteiger partial charge is 0.237 e. The quantitative estimate of drug-likeness (QED) is 0.687. The molecule has 2 aliphatic heterocycles. The highest BCUT2D eigenvalue weighted by Gasteiger charge is 2.32. The van der Waals surface area contributed by atoms with Gasteiger partial charge in [-0.3, -0.25) is 9.80 Å². The van der Waals surface area contributed by atoms with E-state index < -0.39 is 0 Å². The predicted molar refractivity (Wildman–Crippen MR) is 54.3 cm³/mol. The normalized spacial score (nSPS) is 29.9. The third kappa shape index (κ3) is 1.91. The van der Waals surface area contributed by atoms with E-state index in [1.807, 2.05) is 5.01 Å². The summed E-state index contributed by atoms with van der Waals surface area (Å²) in [5, 5.41) is 4.14. The minimum atomic E-state index is 0.266. The van der Waals surface area contributed by atoms with Crippen LogP contribution in [0, 0.1) is 5.92 Å². The number of hydrazine groups is 1. The van der Waals surface area contributed by atoms with Crippen molar-refractivity contribution in [1.82, 2.24) is 10.0 Å². The number of carbonyl (C=O) groups excluding carboxylic acids is 1. The van der Waals surface area contributed by atoms with Gasteiger partial charge in [0.25, 0.3) is 0 Å². The van der Waals surface area contributed by atoms with Crippen LogP contribution >= 0.6 is 0 Å². The molecule has 4 nitrogen and oxygen atoms in total. The predicted octanol–water partition coefficient (Wildman–Crippen LogP) is 0.194. The summed E-state index contributed by atoms with van der Waals surface area (Å²) in [5.74, 6) is 0.645. The van der Waals surface area contributed by atoms with Gasteiger partial charge in [0.1, 0.15) is 0 Å². The average Bonchev–Trinajstić information content (AvgIpc) is 2.61. The fraction of sp³-hybridized carbons (Fsp3) is 0.900. The Morgan fingerprint density at radius 2 is 2.00 bits per heavy atom. The molecule has 2 N–H and O–H groups in total. The van der Waals surface area contributed by atoms with Crippen LogP contribution in [0.15, 0.2) is 0 Å². The van der Waals surface area contributed by atoms with E-state index in [4.69, 9.17) is 5.73 Å². The van der Waals surface area contributed by atoms with Crippen LogP contribution in [-0.4, -0.2) is 42.1 Å². The first-order valence-corrected chi connectivity index (χ1v) is 5.56. The van der Waals surface area contributed by atoms with Gasteiger partial charge in [-0.25, -0.2) is 5.01 Å². The second kappa shape index (κ2) is 4.28. The Bertz CT molecular complexity index is 213. The van der Waals surface area contributed by atoms with E-state index in [1.165, 1.54) is 19.3 Å². The monoisotopic (exact) mass is 197 g/mol. The van der Waals surface area contributed by atoms with Crippen LogP contribution in [0.1, 0.15) is 25.7 Å². The lowest BCUT2D eigenvalue weighted by Crippen LogP contribution is -2.46. The summed E-state index contributed by atoms with van der Waals surface area (Å²) in [7, 11) is 0. The molecule has 2 rings (SSSR count). The molecule has 1 unspecified atom stereocenters. The van der Waals surface area contributed by atoms with Gasteiger partial charge < -0.3 is 5.73 Å². The fourth-order valence-electron chi connectivity index (χ4n) is 2.31. The molecule has 1 amide bonds. The van der Waals surface area contributed by atoms with Crippen LogP contribution in [-0.2, 0) is 4.79 Å². The minimum Gasteiger partial charge on any atom is -0.330 e. The fourth-order valence-corrected chi connectivity index (χ4v) is 2.31. The summed E-state index contributed by atoms with van der Waals surface area (Å²) >= 11 is 0. The molecular formula is C10H19N3O. The highest BCUT2D eigenvalue weighted by molar-refractivity contribution is 5.78. The maximum Gasteiger partial charge on any atom is 0.237 e. The second-order valence-corrected chi connectivity index (χ2v) is 4.30. The van der Waals surface area contributed by atoms with Crippen LogP contribution < -0.4 is 5.73 Å². The molecule has 0 radical (unpaired) electrons. The topological polar surface area (TPSA) is 49.6 Å². The summed E-state index contributed by atoms with van der Waals surface area (Å²) < 4.78 is 0. The molecule has 0 saturated carbocycles. The maximum atomic E-state index is 11.7. The number of hydrogen-bond acceptors (Lipinski definition) is 3. The molecular weight excluding hydrogens is 178 g/mol. The number of nitrogens with two attached hydrogens (primary N) is 1. The van der Waals surface area contributed by atoms with Gasteiger partial charge in [0.2, 0.25) is 5.91 Å². The second-order valence-electron chi connectivity index (χ2n) is 4.30. The zero-order chi connectivity index (χ0) is 9.97. The average molecular weight is 197 g/mol. The highest BCUT2D eigenvalue weighted by atomic mass is 16.2. The highest BCUT2D eigenvalue weighted by Crippen LogP contribution is 2.21. The van der Waals surface area contributed by atoms with Crippen LogP contribution in [0.4, 0.5) is 0 Å². The van der Waals surface area contributed by atoms with E-state index in [0.717, 1.165) is 19.6 Å². The zero-order valence-corrected chi connectivity index (χ0v) is 8.61. The Morgan fingerprint density at radius 1 is 1.29 bits per heavy atom. The van der Waals surface area contributed by atoms with Gasteiger partial charge in [-0.15, -0.1) is 0 Å². The Kier molecular flexibility index (Phi) is 3.03. The summed E-state index contributed by atoms with van der Waals surface area (Å²) in [5.41, 5.74) is 5.59. The molecule has 0 aromatic carbocycles. The van der Waals surface area contributed by atoms with Crippen molar-refractivity contribution < 1.29 is 4.79 Å². The summed E-state index contributed by atoms with van der Waals surface area (Å²) in [6.07, 6.45) is 4.39. The third-order valence-electron chi connectivity index (χ3n) is 3.19. The largest absolute Gasteiger partial charge is 0.330 e. The molecule has 0 aliphatic carbocycles. The van der Waals surface area contributed by atoms with Gasteiger partial charge in [-0.05, 0) is 25.3 Å². The Labute approximate surface area is 85.0 Å². The van der Waals surface area contributed by atoms with Gasteiger partial charge in [0.15, 0.2) is 0 Å². The first-order chi connectivity index (χ1) is 6.81. The molecule has 80 valence electrons. The number of nitrogens with zero attached hydrogens (tertiary/aromatic N) is 2. The minimum absolute atomic E-state index is 0.266. The lowest BCUT2D eigenvalue weighted by atomic mass is 10.1. The van der Waals surface area contributed by atoms with E-state index in [2.05, 4.69) is 5.01 Å². The van der Waals surface area contributed by atoms with Gasteiger partial charge in [-0.1, -0.05) is 6.42 Å². The lowest BCUT2D eigenvalue weighted by molar-refractivity contribution is -0.144. The van der Waals surface area contributed by atoms with E-state index in [-0.39, 0.29) is 5.91 Å². The SMILES string of the molecule is NCC1CC(=O)N(N2CCCCC2)C1. The van der Waals surface area contributed by atoms with Crippen molar-refractivity contribution in [3.05, 3.63) is 0 Å². The molecule has 4 heteroatoms. The molecule has 2 fully saturated rings. The molecule has 0 aromatic rings. The van der Waals surface area contributed by atoms with Crippen molar-refractivity contribution in [2.24, 2.45) is 11.7 Å². The molecule has 2 heterocycles. The molecule has 2 saturated heterocycles. The summed E-state index contributed by atoms with van der Waals surface area (Å²) in [6, 6.07) is 0. The standard InChI is InChI=1S/C10H19N3O/c11-7-9-6-10(14)13(8-9)12-4-2-1-3-5-12/h9H,1-8,11H2. The van der Waals surface area contributed by atoms with E-state index >= 15 is 0 Å². The van der Waals surface area contributed by atoms with Crippen LogP contribution in [0.25, 0.3) is 0 Å². The summed E-state index contributed by atoms with van der Waals surface area (Å²) in [4.78, 5) is 11.7. The molecule has 0 aromatic heterocycles. The Morgan fingerprint density at radius 3 is 2.57 bits per heavy atom. The molecule has 0 bridgehead atoms. The Balaban J connectivity index is 1.93. The van der Waals surface area contributed by atoms with Crippen molar-refractivity contribution in [1.29, 1.82) is 0 Å². The van der Waals surface area contributed by atoms with Crippen molar-refractivity contribution in [2.45, 2.75) is 25.7 Å². The van der Waals surface area contributed by atoms with E-state index in [0.29, 0.717) is 18.9 Å². The van der Waals surface area contributed by atoms with Gasteiger partial charge in [0, 0.05) is 26.1 Å². The van der Waals surface area contributed by atoms with Gasteiger partial charge in [0.05, 0.1) is 0 Å². The van der Waals surface area contributed by atoms with E-state index in [1.54, 1.807) is 0 Å². The number of hydrogen-bond donors (Lipinski definition) is 1. The number of amides is 1. The first kappa shape index (κ1) is 9.93. The third-order valence-corrected chi connectivity index (χ3v) is 3.19. The van der Waals surface area contributed by atoms with Crippen LogP contribution in [0.5, 0.6) is 0 Å². The van der Waals surface area contributed by atoms with Crippen molar-refractivity contribution in [3.63, 3.8) is 0 Å². The van der Waals surface area contributed by atoms with Crippen LogP contribution in [0.2, 0.25) is 0 Å². The van der Waals surface area contributed by atoms with Gasteiger partial charge in [-0.2, -0.15) is 0 Å². The van der Waals surface area contributed by atoms with E-state index in [9.17, 15) is 4.79 Å². The van der Waals surface area contributed by atoms with Crippen LogP contribution in [0.3, 0.4) is 0 Å². The van der Waals surface area contributed by atoms with Crippen molar-refractivity contribution in [2.75, 3.05) is 26.2 Å². The van der Waals surface area contributed by atoms with Gasteiger partial charge >= 0.3 is 0 Å².